The van der Waals surface area contributed by atoms with Gasteiger partial charge in [-0.15, -0.1) is 0 Å². The van der Waals surface area contributed by atoms with Gasteiger partial charge in [0.05, 0.1) is 19.5 Å². The molecule has 0 aliphatic carbocycles. The van der Waals surface area contributed by atoms with Crippen LogP contribution in [0, 0.1) is 5.41 Å². The number of fused-ring (bicyclic) bond motifs is 1. The molecule has 0 radical (unpaired) electrons. The minimum Gasteiger partial charge on any atom is -0.386 e. The molecule has 1 fully saturated rings. The first kappa shape index (κ1) is 45.7. The second-order valence-electron chi connectivity index (χ2n) is 12.0. The number of nitrogens with two attached hydrogens (primary N) is 1. The van der Waals surface area contributed by atoms with Crippen molar-refractivity contribution in [2.75, 3.05) is 37.8 Å². The number of hydrogen-bond donors (Lipinski definition) is 9. The maximum Gasteiger partial charge on any atom is 0.481 e. The highest BCUT2D eigenvalue weighted by Gasteiger charge is 2.50. The van der Waals surface area contributed by atoms with E-state index in [2.05, 4.69) is 34.4 Å². The third-order valence-corrected chi connectivity index (χ3v) is 11.2. The molecule has 1 aliphatic rings. The molecule has 3 rings (SSSR count). The van der Waals surface area contributed by atoms with Gasteiger partial charge in [-0.05, 0) is 12.5 Å². The van der Waals surface area contributed by atoms with Crippen molar-refractivity contribution in [1.82, 2.24) is 30.2 Å². The largest absolute Gasteiger partial charge is 0.481 e. The fourth-order valence-corrected chi connectivity index (χ4v) is 7.97. The molecule has 304 valence electrons. The Hall–Kier alpha value is -2.70. The van der Waals surface area contributed by atoms with Crippen LogP contribution in [0.3, 0.4) is 0 Å². The molecule has 2 amide bonds. The van der Waals surface area contributed by atoms with Crippen molar-refractivity contribution in [2.24, 2.45) is 5.41 Å². The number of aromatic nitrogens is 4. The summed E-state index contributed by atoms with van der Waals surface area (Å²) in [7, 11) is -16.4. The van der Waals surface area contributed by atoms with E-state index in [4.69, 9.17) is 19.5 Å². The van der Waals surface area contributed by atoms with Gasteiger partial charge >= 0.3 is 23.5 Å². The second kappa shape index (κ2) is 19.4. The molecule has 7 atom stereocenters. The topological polar surface area (TPSA) is 364 Å². The van der Waals surface area contributed by atoms with Gasteiger partial charge in [0.25, 0.3) is 0 Å². The number of phosphoric ester groups is 3. The van der Waals surface area contributed by atoms with Gasteiger partial charge in [0.2, 0.25) is 16.9 Å². The number of aliphatic hydroxyl groups is 2. The number of nitrogens with one attached hydrogen (secondary N) is 2. The molecule has 7 unspecified atom stereocenters. The van der Waals surface area contributed by atoms with E-state index in [-0.39, 0.29) is 41.6 Å². The van der Waals surface area contributed by atoms with E-state index in [1.165, 1.54) is 19.9 Å². The number of nitrogen functional groups attached to an aromatic ring is 1. The molecule has 0 spiro atoms. The lowest BCUT2D eigenvalue weighted by atomic mass is 9.87. The van der Waals surface area contributed by atoms with E-state index in [1.54, 1.807) is 6.08 Å². The Bertz CT molecular complexity index is 1810. The minimum atomic E-state index is -5.57. The first-order valence-electron chi connectivity index (χ1n) is 15.8. The normalized spacial score (nSPS) is 22.2. The van der Waals surface area contributed by atoms with Gasteiger partial charge in [-0.2, -0.15) is 4.31 Å². The maximum atomic E-state index is 12.6. The van der Waals surface area contributed by atoms with E-state index < -0.39 is 84.6 Å². The van der Waals surface area contributed by atoms with Crippen LogP contribution < -0.4 is 16.4 Å². The fourth-order valence-electron chi connectivity index (χ4n) is 4.54. The van der Waals surface area contributed by atoms with Crippen LogP contribution in [0.4, 0.5) is 5.82 Å². The standard InChI is InChI=1S/C26H42N7O17P3S/c1-4-5-6-17(35)54-10-9-28-16(34)7-8-29-24(38)21(37)26(2,3)12-47-53(44,45)50-52(42,43)46-11-15-20(49-51(39,40)41)19(36)25(48-15)33-14-32-18-22(27)30-13-31-23(18)33/h5-6,13-15,19-21,25,36-37H,4,7-12H2,1-3H3,(H,28,34)(H,29,38)(H,42,43)(H,44,45)(H2,27,30,31)(H2,39,40,41)/b6-5+. The zero-order chi connectivity index (χ0) is 40.5. The van der Waals surface area contributed by atoms with Crippen molar-refractivity contribution in [3.05, 3.63) is 24.8 Å². The average Bonchev–Trinajstić information content (AvgIpc) is 3.63. The van der Waals surface area contributed by atoms with Crippen LogP contribution >= 0.6 is 35.2 Å². The van der Waals surface area contributed by atoms with Crippen molar-refractivity contribution < 1.29 is 80.5 Å². The monoisotopic (exact) mass is 849 g/mol. The molecule has 28 heteroatoms. The number of thioether (sulfide) groups is 1. The van der Waals surface area contributed by atoms with Gasteiger partial charge < -0.3 is 50.9 Å². The zero-order valence-electron chi connectivity index (χ0n) is 28.9. The van der Waals surface area contributed by atoms with Gasteiger partial charge in [-0.25, -0.2) is 28.6 Å². The molecular formula is C26H42N7O17P3S. The Labute approximate surface area is 311 Å². The van der Waals surface area contributed by atoms with E-state index >= 15 is 0 Å². The number of carbonyl (C=O) groups excluding carboxylic acids is 3. The molecule has 24 nitrogen and oxygen atoms in total. The van der Waals surface area contributed by atoms with Gasteiger partial charge in [0, 0.05) is 30.7 Å². The van der Waals surface area contributed by atoms with E-state index in [0.717, 1.165) is 29.0 Å². The van der Waals surface area contributed by atoms with Crippen molar-refractivity contribution >= 4 is 69.1 Å². The molecule has 1 aliphatic heterocycles. The molecule has 0 saturated carbocycles. The van der Waals surface area contributed by atoms with Crippen LogP contribution in [0.25, 0.3) is 11.2 Å². The van der Waals surface area contributed by atoms with Crippen LogP contribution in [0.15, 0.2) is 24.8 Å². The molecule has 1 saturated heterocycles. The summed E-state index contributed by atoms with van der Waals surface area (Å²) in [5.41, 5.74) is 4.26. The molecule has 2 aromatic rings. The average molecular weight is 850 g/mol. The quantitative estimate of drug-likeness (QED) is 0.0439. The number of anilines is 1. The summed E-state index contributed by atoms with van der Waals surface area (Å²) in [6, 6.07) is 0. The van der Waals surface area contributed by atoms with Crippen LogP contribution in [0.1, 0.15) is 39.8 Å². The fraction of sp³-hybridized carbons (Fsp3) is 0.615. The highest BCUT2D eigenvalue weighted by molar-refractivity contribution is 8.14. The van der Waals surface area contributed by atoms with Gasteiger partial charge in [-0.3, -0.25) is 32.5 Å². The van der Waals surface area contributed by atoms with E-state index in [9.17, 15) is 57.9 Å². The lowest BCUT2D eigenvalue weighted by Gasteiger charge is -2.30. The second-order valence-corrected chi connectivity index (χ2v) is 17.4. The van der Waals surface area contributed by atoms with Gasteiger partial charge in [0.1, 0.15) is 36.3 Å². The van der Waals surface area contributed by atoms with Crippen molar-refractivity contribution in [3.63, 3.8) is 0 Å². The van der Waals surface area contributed by atoms with Crippen LogP contribution in [0.5, 0.6) is 0 Å². The summed E-state index contributed by atoms with van der Waals surface area (Å²) in [5, 5.41) is 26.1. The summed E-state index contributed by atoms with van der Waals surface area (Å²) in [5.74, 6) is -1.13. The Kier molecular flexibility index (Phi) is 16.4. The number of allylic oxidation sites excluding steroid dienone is 1. The molecular weight excluding hydrogens is 807 g/mol. The van der Waals surface area contributed by atoms with Crippen LogP contribution in [0.2, 0.25) is 0 Å². The number of amides is 2. The third kappa shape index (κ3) is 13.8. The van der Waals surface area contributed by atoms with Gasteiger partial charge in [0.15, 0.2) is 17.7 Å². The highest BCUT2D eigenvalue weighted by atomic mass is 32.2. The van der Waals surface area contributed by atoms with E-state index in [1.807, 2.05) is 6.92 Å². The lowest BCUT2D eigenvalue weighted by molar-refractivity contribution is -0.137. The number of hydrogen-bond acceptors (Lipinski definition) is 18. The van der Waals surface area contributed by atoms with Crippen LogP contribution in [-0.2, 0) is 50.7 Å². The molecule has 10 N–H and O–H groups in total. The summed E-state index contributed by atoms with van der Waals surface area (Å²) in [6.45, 7) is 2.37. The number of rotatable bonds is 21. The third-order valence-electron chi connectivity index (χ3n) is 7.24. The Balaban J connectivity index is 1.51. The van der Waals surface area contributed by atoms with Gasteiger partial charge in [-0.1, -0.05) is 38.6 Å². The number of imidazole rings is 1. The Morgan fingerprint density at radius 3 is 2.44 bits per heavy atom. The minimum absolute atomic E-state index is 0.0303. The zero-order valence-corrected chi connectivity index (χ0v) is 32.4. The number of aliphatic hydroxyl groups excluding tert-OH is 2. The van der Waals surface area contributed by atoms with Crippen molar-refractivity contribution in [2.45, 2.75) is 64.3 Å². The smallest absolute Gasteiger partial charge is 0.386 e. The predicted molar refractivity (Wildman–Crippen MR) is 187 cm³/mol. The maximum absolute atomic E-state index is 12.6. The van der Waals surface area contributed by atoms with Crippen molar-refractivity contribution in [3.8, 4) is 0 Å². The molecule has 0 bridgehead atoms. The number of nitrogens with zero attached hydrogens (tertiary/aromatic N) is 4. The summed E-state index contributed by atoms with van der Waals surface area (Å²) in [6.07, 6.45) is -3.04. The Morgan fingerprint density at radius 1 is 1.09 bits per heavy atom. The highest BCUT2D eigenvalue weighted by Crippen LogP contribution is 2.61. The number of carbonyl (C=O) groups is 3. The Morgan fingerprint density at radius 2 is 1.78 bits per heavy atom. The first-order chi connectivity index (χ1) is 25.1. The van der Waals surface area contributed by atoms with E-state index in [0.29, 0.717) is 12.2 Å². The summed E-state index contributed by atoms with van der Waals surface area (Å²) in [4.78, 5) is 86.9. The lowest BCUT2D eigenvalue weighted by Crippen LogP contribution is -2.46. The predicted octanol–water partition coefficient (Wildman–Crippen LogP) is -0.369. The summed E-state index contributed by atoms with van der Waals surface area (Å²) < 4.78 is 62.0. The molecule has 54 heavy (non-hydrogen) atoms. The molecule has 3 heterocycles. The summed E-state index contributed by atoms with van der Waals surface area (Å²) >= 11 is 1.02. The molecule has 2 aromatic heterocycles. The van der Waals surface area contributed by atoms with Crippen LogP contribution in [-0.4, -0.2) is 123 Å². The first-order valence-corrected chi connectivity index (χ1v) is 21.3. The van der Waals surface area contributed by atoms with Crippen molar-refractivity contribution in [1.29, 1.82) is 0 Å². The SMILES string of the molecule is CC/C=C/C(=O)SCCNC(=O)CCNC(=O)C(O)C(C)(C)COP(=O)(O)OP(=O)(O)OCC1OC(n2cnc3c(N)ncnc32)C(O)C1OP(=O)(O)O. The number of phosphoric acid groups is 3. The number of ether oxygens (including phenoxy) is 1. The molecule has 0 aromatic carbocycles.